The van der Waals surface area contributed by atoms with Crippen LogP contribution in [-0.2, 0) is 18.9 Å². The van der Waals surface area contributed by atoms with Crippen LogP contribution in [0.2, 0.25) is 0 Å². The van der Waals surface area contributed by atoms with Gasteiger partial charge in [0.25, 0.3) is 0 Å². The number of hydrogen-bond donors (Lipinski definition) is 2. The lowest BCUT2D eigenvalue weighted by Gasteiger charge is -2.35. The van der Waals surface area contributed by atoms with Crippen molar-refractivity contribution in [3.8, 4) is 0 Å². The Hall–Kier alpha value is -1.54. The zero-order valence-electron chi connectivity index (χ0n) is 12.5. The van der Waals surface area contributed by atoms with Gasteiger partial charge in [0, 0.05) is 13.7 Å². The van der Waals surface area contributed by atoms with Crippen molar-refractivity contribution in [1.82, 2.24) is 5.32 Å². The molecule has 21 heavy (non-hydrogen) atoms. The van der Waals surface area contributed by atoms with Gasteiger partial charge in [-0.05, 0) is 26.2 Å². The van der Waals surface area contributed by atoms with Crippen molar-refractivity contribution in [2.75, 3.05) is 26.9 Å². The second-order valence-corrected chi connectivity index (χ2v) is 4.82. The van der Waals surface area contributed by atoms with Gasteiger partial charge in [-0.25, -0.2) is 9.59 Å². The van der Waals surface area contributed by atoms with Crippen molar-refractivity contribution in [3.05, 3.63) is 0 Å². The van der Waals surface area contributed by atoms with E-state index in [0.717, 1.165) is 6.42 Å². The topological polar surface area (TPSA) is 109 Å². The fourth-order valence-electron chi connectivity index (χ4n) is 2.15. The summed E-state index contributed by atoms with van der Waals surface area (Å²) in [6.45, 7) is 2.97. The van der Waals surface area contributed by atoms with Crippen molar-refractivity contribution < 1.29 is 28.5 Å². The molecule has 1 fully saturated rings. The Bertz CT molecular complexity index is 339. The third-order valence-electron chi connectivity index (χ3n) is 3.29. The lowest BCUT2D eigenvalue weighted by molar-refractivity contribution is -0.0760. The molecule has 0 aromatic heterocycles. The summed E-state index contributed by atoms with van der Waals surface area (Å²) < 4.78 is 20.5. The second kappa shape index (κ2) is 9.41. The van der Waals surface area contributed by atoms with Crippen LogP contribution in [0.25, 0.3) is 0 Å². The van der Waals surface area contributed by atoms with Crippen LogP contribution in [0, 0.1) is 0 Å². The van der Waals surface area contributed by atoms with Gasteiger partial charge in [-0.15, -0.1) is 0 Å². The number of amides is 2. The molecule has 1 aliphatic heterocycles. The molecular formula is C13H24N2O6. The highest BCUT2D eigenvalue weighted by Gasteiger charge is 2.33. The van der Waals surface area contributed by atoms with E-state index in [-0.39, 0.29) is 31.5 Å². The number of primary amides is 1. The fourth-order valence-corrected chi connectivity index (χ4v) is 2.15. The molecule has 0 aromatic rings. The van der Waals surface area contributed by atoms with E-state index in [1.807, 2.05) is 6.92 Å². The van der Waals surface area contributed by atoms with E-state index in [0.29, 0.717) is 19.4 Å². The summed E-state index contributed by atoms with van der Waals surface area (Å²) in [4.78, 5) is 22.0. The number of alkyl carbamates (subject to hydrolysis) is 1. The van der Waals surface area contributed by atoms with Gasteiger partial charge in [0.1, 0.15) is 0 Å². The van der Waals surface area contributed by atoms with Gasteiger partial charge in [0.15, 0.2) is 0 Å². The minimum Gasteiger partial charge on any atom is -0.450 e. The molecule has 1 heterocycles. The molecule has 122 valence electrons. The van der Waals surface area contributed by atoms with Crippen LogP contribution in [0.15, 0.2) is 0 Å². The number of methoxy groups -OCH3 is 1. The number of carbonyl (C=O) groups is 2. The smallest absolute Gasteiger partial charge is 0.407 e. The molecule has 0 bridgehead atoms. The molecule has 1 saturated heterocycles. The molecule has 2 amide bonds. The van der Waals surface area contributed by atoms with Crippen LogP contribution in [0.3, 0.4) is 0 Å². The van der Waals surface area contributed by atoms with Gasteiger partial charge in [-0.3, -0.25) is 0 Å². The highest BCUT2D eigenvalue weighted by molar-refractivity contribution is 5.67. The van der Waals surface area contributed by atoms with Crippen molar-refractivity contribution >= 4 is 12.2 Å². The first-order chi connectivity index (χ1) is 10.0. The first kappa shape index (κ1) is 17.5. The number of ether oxygens (including phenoxy) is 4. The molecule has 0 aliphatic carbocycles. The number of rotatable bonds is 7. The SMILES string of the molecule is COC1CCOC(C)C1NC(=O)OCCCCOC(N)=O. The van der Waals surface area contributed by atoms with Crippen LogP contribution in [0.5, 0.6) is 0 Å². The predicted molar refractivity (Wildman–Crippen MR) is 73.9 cm³/mol. The van der Waals surface area contributed by atoms with Gasteiger partial charge in [0.05, 0.1) is 31.5 Å². The molecule has 3 atom stereocenters. The monoisotopic (exact) mass is 304 g/mol. The summed E-state index contributed by atoms with van der Waals surface area (Å²) in [5, 5.41) is 2.76. The number of unbranched alkanes of at least 4 members (excludes halogenated alkanes) is 1. The van der Waals surface area contributed by atoms with E-state index in [2.05, 4.69) is 10.1 Å². The minimum atomic E-state index is -0.800. The average molecular weight is 304 g/mol. The Morgan fingerprint density at radius 1 is 1.29 bits per heavy atom. The maximum atomic E-state index is 11.7. The lowest BCUT2D eigenvalue weighted by atomic mass is 10.0. The first-order valence-corrected chi connectivity index (χ1v) is 7.04. The maximum Gasteiger partial charge on any atom is 0.407 e. The largest absolute Gasteiger partial charge is 0.450 e. The molecule has 0 aromatic carbocycles. The Labute approximate surface area is 124 Å². The molecule has 1 aliphatic rings. The Morgan fingerprint density at radius 3 is 2.57 bits per heavy atom. The summed E-state index contributed by atoms with van der Waals surface area (Å²) in [5.74, 6) is 0. The summed E-state index contributed by atoms with van der Waals surface area (Å²) in [5.41, 5.74) is 4.82. The lowest BCUT2D eigenvalue weighted by Crippen LogP contribution is -2.54. The summed E-state index contributed by atoms with van der Waals surface area (Å²) in [6, 6.07) is -0.227. The molecule has 3 N–H and O–H groups in total. The van der Waals surface area contributed by atoms with E-state index in [4.69, 9.17) is 19.9 Å². The van der Waals surface area contributed by atoms with Crippen molar-refractivity contribution in [2.24, 2.45) is 5.73 Å². The molecule has 8 heteroatoms. The summed E-state index contributed by atoms with van der Waals surface area (Å²) in [7, 11) is 1.61. The summed E-state index contributed by atoms with van der Waals surface area (Å²) >= 11 is 0. The molecule has 1 rings (SSSR count). The van der Waals surface area contributed by atoms with E-state index in [1.165, 1.54) is 0 Å². The van der Waals surface area contributed by atoms with Gasteiger partial charge in [0.2, 0.25) is 0 Å². The standard InChI is InChI=1S/C13H24N2O6/c1-9-11(10(18-2)5-8-19-9)15-13(17)21-7-4-3-6-20-12(14)16/h9-11H,3-8H2,1-2H3,(H2,14,16)(H,15,17). The van der Waals surface area contributed by atoms with Crippen LogP contribution >= 0.6 is 0 Å². The van der Waals surface area contributed by atoms with E-state index >= 15 is 0 Å². The van der Waals surface area contributed by atoms with Crippen molar-refractivity contribution in [1.29, 1.82) is 0 Å². The zero-order chi connectivity index (χ0) is 15.7. The number of carbonyl (C=O) groups excluding carboxylic acids is 2. The molecule has 0 radical (unpaired) electrons. The number of hydrogen-bond acceptors (Lipinski definition) is 6. The third-order valence-corrected chi connectivity index (χ3v) is 3.29. The van der Waals surface area contributed by atoms with Crippen LogP contribution < -0.4 is 11.1 Å². The first-order valence-electron chi connectivity index (χ1n) is 7.04. The molecule has 0 spiro atoms. The number of nitrogens with two attached hydrogens (primary N) is 1. The molecule has 8 nitrogen and oxygen atoms in total. The number of nitrogens with one attached hydrogen (secondary N) is 1. The molecule has 3 unspecified atom stereocenters. The highest BCUT2D eigenvalue weighted by atomic mass is 16.6. The van der Waals surface area contributed by atoms with Gasteiger partial charge in [-0.1, -0.05) is 0 Å². The molecule has 0 saturated carbocycles. The fraction of sp³-hybridized carbons (Fsp3) is 0.846. The third kappa shape index (κ3) is 6.63. The Kier molecular flexibility index (Phi) is 7.84. The van der Waals surface area contributed by atoms with Crippen LogP contribution in [0.1, 0.15) is 26.2 Å². The highest BCUT2D eigenvalue weighted by Crippen LogP contribution is 2.17. The van der Waals surface area contributed by atoms with Crippen molar-refractivity contribution in [3.63, 3.8) is 0 Å². The normalized spacial score (nSPS) is 25.1. The van der Waals surface area contributed by atoms with Gasteiger partial charge < -0.3 is 30.0 Å². The second-order valence-electron chi connectivity index (χ2n) is 4.82. The predicted octanol–water partition coefficient (Wildman–Crippen LogP) is 0.781. The van der Waals surface area contributed by atoms with Crippen LogP contribution in [0.4, 0.5) is 9.59 Å². The Morgan fingerprint density at radius 2 is 1.95 bits per heavy atom. The summed E-state index contributed by atoms with van der Waals surface area (Å²) in [6.07, 6.45) is 0.396. The van der Waals surface area contributed by atoms with E-state index < -0.39 is 12.2 Å². The quantitative estimate of drug-likeness (QED) is 0.673. The molecular weight excluding hydrogens is 280 g/mol. The van der Waals surface area contributed by atoms with Crippen molar-refractivity contribution in [2.45, 2.75) is 44.4 Å². The van der Waals surface area contributed by atoms with E-state index in [1.54, 1.807) is 7.11 Å². The zero-order valence-corrected chi connectivity index (χ0v) is 12.5. The van der Waals surface area contributed by atoms with Crippen LogP contribution in [-0.4, -0.2) is 57.4 Å². The Balaban J connectivity index is 2.18. The van der Waals surface area contributed by atoms with Gasteiger partial charge >= 0.3 is 12.2 Å². The minimum absolute atomic E-state index is 0.0785. The average Bonchev–Trinajstić information content (AvgIpc) is 2.44. The van der Waals surface area contributed by atoms with E-state index in [9.17, 15) is 9.59 Å². The maximum absolute atomic E-state index is 11.7. The van der Waals surface area contributed by atoms with Gasteiger partial charge in [-0.2, -0.15) is 0 Å².